The molecule has 2 aromatic heterocycles. The second-order valence-electron chi connectivity index (χ2n) is 3.85. The van der Waals surface area contributed by atoms with Crippen LogP contribution in [0.2, 0.25) is 0 Å². The molecule has 0 bridgehead atoms. The fourth-order valence-electron chi connectivity index (χ4n) is 1.85. The molecule has 0 aliphatic rings. The number of imidazole rings is 1. The Morgan fingerprint density at radius 1 is 1.42 bits per heavy atom. The van der Waals surface area contributed by atoms with Gasteiger partial charge in [0, 0.05) is 6.07 Å². The van der Waals surface area contributed by atoms with Gasteiger partial charge < -0.3 is 9.09 Å². The van der Waals surface area contributed by atoms with E-state index in [9.17, 15) is 4.39 Å². The first-order valence-corrected chi connectivity index (χ1v) is 6.67. The highest BCUT2D eigenvalue weighted by Gasteiger charge is 2.14. The molecule has 1 aromatic carbocycles. The van der Waals surface area contributed by atoms with Crippen LogP contribution in [-0.2, 0) is 12.4 Å². The number of rotatable bonds is 3. The minimum Gasteiger partial charge on any atom is -0.343 e. The van der Waals surface area contributed by atoms with E-state index < -0.39 is 0 Å². The molecule has 0 unspecified atom stereocenters. The lowest BCUT2D eigenvalue weighted by atomic mass is 10.3. The molecule has 3 aromatic rings. The molecule has 0 N–H and O–H groups in total. The third-order valence-electron chi connectivity index (χ3n) is 2.70. The molecule has 8 heteroatoms. The van der Waals surface area contributed by atoms with E-state index in [2.05, 4.69) is 35.6 Å². The van der Waals surface area contributed by atoms with Crippen LogP contribution in [0.25, 0.3) is 11.0 Å². The van der Waals surface area contributed by atoms with Crippen LogP contribution in [0.15, 0.2) is 27.5 Å². The first-order valence-electron chi connectivity index (χ1n) is 5.34. The summed E-state index contributed by atoms with van der Waals surface area (Å²) in [5.74, 6) is 0.960. The lowest BCUT2D eigenvalue weighted by Gasteiger charge is -2.04. The molecule has 5 nitrogen and oxygen atoms in total. The molecule has 0 fully saturated rings. The van der Waals surface area contributed by atoms with Crippen LogP contribution in [0.3, 0.4) is 0 Å². The zero-order valence-electron chi connectivity index (χ0n) is 9.48. The minimum absolute atomic E-state index is 0.214. The summed E-state index contributed by atoms with van der Waals surface area (Å²) in [7, 11) is 0. The van der Waals surface area contributed by atoms with Crippen LogP contribution in [0.1, 0.15) is 11.6 Å². The van der Waals surface area contributed by atoms with Crippen molar-refractivity contribution in [1.82, 2.24) is 19.7 Å². The molecule has 3 rings (SSSR count). The summed E-state index contributed by atoms with van der Waals surface area (Å²) in [5.41, 5.74) is 1.30. The van der Waals surface area contributed by atoms with Gasteiger partial charge in [0.15, 0.2) is 5.82 Å². The van der Waals surface area contributed by atoms with Crippen molar-refractivity contribution >= 4 is 38.6 Å². The summed E-state index contributed by atoms with van der Waals surface area (Å²) in [4.78, 5) is 8.30. The van der Waals surface area contributed by atoms with Gasteiger partial charge >= 0.3 is 0 Å². The summed E-state index contributed by atoms with van der Waals surface area (Å²) in [6.07, 6.45) is 1.24. The number of hydrogen-bond donors (Lipinski definition) is 0. The van der Waals surface area contributed by atoms with Crippen LogP contribution in [0, 0.1) is 5.82 Å². The van der Waals surface area contributed by atoms with E-state index in [1.165, 1.54) is 12.5 Å². The summed E-state index contributed by atoms with van der Waals surface area (Å²) in [6.45, 7) is 0.329. The highest BCUT2D eigenvalue weighted by atomic mass is 79.9. The molecule has 0 radical (unpaired) electrons. The van der Waals surface area contributed by atoms with Gasteiger partial charge in [-0.15, -0.1) is 11.6 Å². The number of benzene rings is 1. The van der Waals surface area contributed by atoms with Crippen molar-refractivity contribution in [2.45, 2.75) is 12.4 Å². The number of aromatic nitrogens is 4. The maximum atomic E-state index is 13.6. The molecular formula is C11H7BrClFN4O. The van der Waals surface area contributed by atoms with Crippen LogP contribution >= 0.6 is 27.5 Å². The summed E-state index contributed by atoms with van der Waals surface area (Å²) < 4.78 is 20.5. The van der Waals surface area contributed by atoms with Gasteiger partial charge in [-0.1, -0.05) is 5.16 Å². The molecule has 98 valence electrons. The fraction of sp³-hybridized carbons (Fsp3) is 0.182. The Hall–Kier alpha value is -1.47. The van der Waals surface area contributed by atoms with E-state index in [1.54, 1.807) is 10.6 Å². The maximum Gasteiger partial charge on any atom is 0.213 e. The van der Waals surface area contributed by atoms with Crippen LogP contribution in [0.5, 0.6) is 0 Å². The van der Waals surface area contributed by atoms with Crippen LogP contribution in [-0.4, -0.2) is 19.7 Å². The second kappa shape index (κ2) is 4.90. The number of hydrogen-bond acceptors (Lipinski definition) is 4. The predicted octanol–water partition coefficient (Wildman–Crippen LogP) is 3.11. The topological polar surface area (TPSA) is 56.7 Å². The molecule has 2 heterocycles. The van der Waals surface area contributed by atoms with E-state index in [-0.39, 0.29) is 11.7 Å². The summed E-state index contributed by atoms with van der Waals surface area (Å²) in [5, 5.41) is 3.73. The lowest BCUT2D eigenvalue weighted by molar-refractivity contribution is 0.408. The van der Waals surface area contributed by atoms with Crippen molar-refractivity contribution in [2.75, 3.05) is 0 Å². The quantitative estimate of drug-likeness (QED) is 0.685. The Balaban J connectivity index is 2.17. The second-order valence-corrected chi connectivity index (χ2v) is 4.97. The van der Waals surface area contributed by atoms with Gasteiger partial charge in [0.05, 0.1) is 27.9 Å². The molecule has 0 aliphatic heterocycles. The van der Waals surface area contributed by atoms with Crippen molar-refractivity contribution in [3.05, 3.63) is 40.5 Å². The Morgan fingerprint density at radius 2 is 2.26 bits per heavy atom. The van der Waals surface area contributed by atoms with Crippen LogP contribution in [0.4, 0.5) is 4.39 Å². The average molecular weight is 346 g/mol. The molecule has 0 spiro atoms. The average Bonchev–Trinajstić information content (AvgIpc) is 3.00. The maximum absolute atomic E-state index is 13.6. The van der Waals surface area contributed by atoms with Gasteiger partial charge in [0.2, 0.25) is 6.39 Å². The molecule has 0 aliphatic carbocycles. The Kier molecular flexibility index (Phi) is 3.24. The minimum atomic E-state index is -0.358. The molecule has 0 atom stereocenters. The molecule has 0 saturated heterocycles. The number of nitrogens with zero attached hydrogens (tertiary/aromatic N) is 4. The number of alkyl halides is 1. The van der Waals surface area contributed by atoms with Gasteiger partial charge in [-0.3, -0.25) is 0 Å². The third-order valence-corrected chi connectivity index (χ3v) is 3.54. The summed E-state index contributed by atoms with van der Waals surface area (Å²) >= 11 is 9.01. The van der Waals surface area contributed by atoms with Crippen molar-refractivity contribution in [2.24, 2.45) is 0 Å². The van der Waals surface area contributed by atoms with E-state index in [4.69, 9.17) is 11.6 Å². The third kappa shape index (κ3) is 2.23. The van der Waals surface area contributed by atoms with Crippen molar-refractivity contribution in [3.8, 4) is 0 Å². The van der Waals surface area contributed by atoms with E-state index in [0.717, 1.165) is 0 Å². The predicted molar refractivity (Wildman–Crippen MR) is 70.3 cm³/mol. The van der Waals surface area contributed by atoms with Crippen molar-refractivity contribution in [3.63, 3.8) is 0 Å². The normalized spacial score (nSPS) is 11.3. The van der Waals surface area contributed by atoms with Gasteiger partial charge in [-0.05, 0) is 22.0 Å². The van der Waals surface area contributed by atoms with Crippen LogP contribution < -0.4 is 0 Å². The van der Waals surface area contributed by atoms with E-state index in [1.807, 2.05) is 0 Å². The lowest BCUT2D eigenvalue weighted by Crippen LogP contribution is -2.05. The highest BCUT2D eigenvalue weighted by molar-refractivity contribution is 9.10. The smallest absolute Gasteiger partial charge is 0.213 e. The monoisotopic (exact) mass is 344 g/mol. The zero-order chi connectivity index (χ0) is 13.4. The van der Waals surface area contributed by atoms with E-state index >= 15 is 0 Å². The molecule has 19 heavy (non-hydrogen) atoms. The Morgan fingerprint density at radius 3 is 2.95 bits per heavy atom. The molecule has 0 saturated carbocycles. The zero-order valence-corrected chi connectivity index (χ0v) is 11.8. The SMILES string of the molecule is Fc1cc2c(cc1Br)nc(CCl)n2Cc1ncon1. The molecule has 0 amide bonds. The van der Waals surface area contributed by atoms with E-state index in [0.29, 0.717) is 33.7 Å². The largest absolute Gasteiger partial charge is 0.343 e. The molecular weight excluding hydrogens is 339 g/mol. The number of fused-ring (bicyclic) bond motifs is 1. The van der Waals surface area contributed by atoms with Gasteiger partial charge in [0.25, 0.3) is 0 Å². The fourth-order valence-corrected chi connectivity index (χ4v) is 2.39. The first kappa shape index (κ1) is 12.6. The van der Waals surface area contributed by atoms with Gasteiger partial charge in [0.1, 0.15) is 11.6 Å². The standard InChI is InChI=1S/C11H7BrClFN4O/c12-6-1-8-9(2-7(6)14)18(11(3-13)16-8)4-10-15-5-19-17-10/h1-2,5H,3-4H2. The number of halogens is 3. The van der Waals surface area contributed by atoms with Gasteiger partial charge in [-0.2, -0.15) is 4.98 Å². The van der Waals surface area contributed by atoms with Crippen molar-refractivity contribution in [1.29, 1.82) is 0 Å². The first-order chi connectivity index (χ1) is 9.19. The van der Waals surface area contributed by atoms with Gasteiger partial charge in [-0.25, -0.2) is 9.37 Å². The Bertz CT molecular complexity index is 728. The van der Waals surface area contributed by atoms with Crippen molar-refractivity contribution < 1.29 is 8.91 Å². The highest BCUT2D eigenvalue weighted by Crippen LogP contribution is 2.25. The summed E-state index contributed by atoms with van der Waals surface area (Å²) in [6, 6.07) is 3.02. The Labute approximate surface area is 120 Å².